The van der Waals surface area contributed by atoms with Crippen LogP contribution in [0.15, 0.2) is 42.2 Å². The van der Waals surface area contributed by atoms with E-state index in [4.69, 9.17) is 18.9 Å². The zero-order chi connectivity index (χ0) is 24.1. The Hall–Kier alpha value is -4.01. The Morgan fingerprint density at radius 1 is 1.09 bits per heavy atom. The van der Waals surface area contributed by atoms with Gasteiger partial charge >= 0.3 is 5.97 Å². The number of carboxylic acid groups (broad SMARTS) is 1. The van der Waals surface area contributed by atoms with Crippen LogP contribution in [0.1, 0.15) is 29.8 Å². The summed E-state index contributed by atoms with van der Waals surface area (Å²) in [5.41, 5.74) is 0.997. The van der Waals surface area contributed by atoms with Gasteiger partial charge in [-0.15, -0.1) is 0 Å². The number of carboxylic acids is 1. The molecule has 0 saturated carbocycles. The Morgan fingerprint density at radius 3 is 2.45 bits per heavy atom. The van der Waals surface area contributed by atoms with Crippen LogP contribution in [0.25, 0.3) is 6.08 Å². The van der Waals surface area contributed by atoms with E-state index in [-0.39, 0.29) is 24.1 Å². The molecule has 1 amide bonds. The van der Waals surface area contributed by atoms with Crippen LogP contribution < -0.4 is 24.3 Å². The van der Waals surface area contributed by atoms with Crippen molar-refractivity contribution in [1.82, 2.24) is 5.32 Å². The molecular weight excluding hydrogens is 430 g/mol. The van der Waals surface area contributed by atoms with E-state index in [9.17, 15) is 19.5 Å². The average molecular weight is 455 g/mol. The smallest absolute Gasteiger partial charge is 0.326 e. The molecule has 0 saturated heterocycles. The number of methoxy groups -OCH3 is 2. The number of carbonyl (C=O) groups excluding carboxylic acids is 2. The molecule has 2 aromatic carbocycles. The summed E-state index contributed by atoms with van der Waals surface area (Å²) in [6, 6.07) is 8.77. The molecule has 1 aliphatic rings. The summed E-state index contributed by atoms with van der Waals surface area (Å²) in [6.45, 7) is 3.01. The number of ketones is 1. The van der Waals surface area contributed by atoms with Crippen LogP contribution in [0.2, 0.25) is 0 Å². The first-order chi connectivity index (χ1) is 15.7. The van der Waals surface area contributed by atoms with Crippen LogP contribution in [0.5, 0.6) is 23.0 Å². The maximum absolute atomic E-state index is 12.7. The fourth-order valence-electron chi connectivity index (χ4n) is 3.21. The minimum atomic E-state index is -1.12. The number of hydrogen-bond acceptors (Lipinski definition) is 7. The van der Waals surface area contributed by atoms with E-state index in [1.54, 1.807) is 57.4 Å². The average Bonchev–Trinajstić information content (AvgIpc) is 3.10. The van der Waals surface area contributed by atoms with E-state index in [0.717, 1.165) is 0 Å². The van der Waals surface area contributed by atoms with Crippen LogP contribution in [0.4, 0.5) is 0 Å². The number of hydrogen-bond donors (Lipinski definition) is 2. The molecule has 3 rings (SSSR count). The molecule has 2 aromatic rings. The topological polar surface area (TPSA) is 120 Å². The third-order valence-corrected chi connectivity index (χ3v) is 4.99. The van der Waals surface area contributed by atoms with Gasteiger partial charge in [0.05, 0.1) is 19.8 Å². The molecule has 9 heteroatoms. The van der Waals surface area contributed by atoms with Crippen molar-refractivity contribution >= 4 is 23.7 Å². The molecule has 1 atom stereocenters. The molecule has 1 unspecified atom stereocenters. The largest absolute Gasteiger partial charge is 0.497 e. The number of rotatable bonds is 9. The Kier molecular flexibility index (Phi) is 7.22. The summed E-state index contributed by atoms with van der Waals surface area (Å²) in [7, 11) is 3.06. The number of benzene rings is 2. The highest BCUT2D eigenvalue weighted by molar-refractivity contribution is 6.14. The third-order valence-electron chi connectivity index (χ3n) is 4.99. The summed E-state index contributed by atoms with van der Waals surface area (Å²) < 4.78 is 21.7. The second-order valence-electron chi connectivity index (χ2n) is 7.62. The van der Waals surface area contributed by atoms with E-state index in [1.165, 1.54) is 13.2 Å². The lowest BCUT2D eigenvalue weighted by molar-refractivity contribution is -0.143. The molecule has 0 aromatic heterocycles. The van der Waals surface area contributed by atoms with E-state index < -0.39 is 17.9 Å². The first-order valence-corrected chi connectivity index (χ1v) is 10.2. The van der Waals surface area contributed by atoms with Crippen molar-refractivity contribution in [3.8, 4) is 23.0 Å². The molecule has 1 heterocycles. The van der Waals surface area contributed by atoms with Crippen molar-refractivity contribution in [1.29, 1.82) is 0 Å². The standard InChI is InChI=1S/C24H25NO8/c1-13(2)22(24(28)29)25-21(26)12-32-16-7-8-17-19(11-16)33-20(23(17)27)9-14-5-6-15(30-3)10-18(14)31-4/h5-11,13,22H,12H2,1-4H3,(H,25,26)(H,28,29). The van der Waals surface area contributed by atoms with Crippen molar-refractivity contribution in [3.63, 3.8) is 0 Å². The van der Waals surface area contributed by atoms with Gasteiger partial charge in [-0.05, 0) is 36.3 Å². The highest BCUT2D eigenvalue weighted by Crippen LogP contribution is 2.36. The Bertz CT molecular complexity index is 1110. The van der Waals surface area contributed by atoms with Crippen LogP contribution in [-0.2, 0) is 9.59 Å². The molecule has 0 aliphatic carbocycles. The molecule has 9 nitrogen and oxygen atoms in total. The van der Waals surface area contributed by atoms with E-state index in [1.807, 2.05) is 0 Å². The highest BCUT2D eigenvalue weighted by atomic mass is 16.5. The zero-order valence-electron chi connectivity index (χ0n) is 18.7. The predicted molar refractivity (Wildman–Crippen MR) is 119 cm³/mol. The number of aliphatic carboxylic acids is 1. The van der Waals surface area contributed by atoms with Gasteiger partial charge in [-0.2, -0.15) is 0 Å². The Balaban J connectivity index is 1.70. The molecular formula is C24H25NO8. The third kappa shape index (κ3) is 5.43. The summed E-state index contributed by atoms with van der Waals surface area (Å²) in [6.07, 6.45) is 1.58. The minimum Gasteiger partial charge on any atom is -0.497 e. The van der Waals surface area contributed by atoms with Crippen molar-refractivity contribution in [2.75, 3.05) is 20.8 Å². The Morgan fingerprint density at radius 2 is 1.82 bits per heavy atom. The fourth-order valence-corrected chi connectivity index (χ4v) is 3.21. The number of amides is 1. The van der Waals surface area contributed by atoms with E-state index in [2.05, 4.69) is 5.32 Å². The van der Waals surface area contributed by atoms with Gasteiger partial charge in [0.15, 0.2) is 12.4 Å². The van der Waals surface area contributed by atoms with Crippen LogP contribution >= 0.6 is 0 Å². The van der Waals surface area contributed by atoms with Gasteiger partial charge in [0.25, 0.3) is 5.91 Å². The van der Waals surface area contributed by atoms with Gasteiger partial charge in [0.2, 0.25) is 5.78 Å². The molecule has 1 aliphatic heterocycles. The number of ether oxygens (including phenoxy) is 4. The number of nitrogens with one attached hydrogen (secondary N) is 1. The van der Waals surface area contributed by atoms with Crippen molar-refractivity contribution in [3.05, 3.63) is 53.3 Å². The summed E-state index contributed by atoms with van der Waals surface area (Å²) in [5, 5.41) is 11.6. The highest BCUT2D eigenvalue weighted by Gasteiger charge is 2.28. The maximum Gasteiger partial charge on any atom is 0.326 e. The number of fused-ring (bicyclic) bond motifs is 1. The number of Topliss-reactive ketones (excluding diaryl/α,β-unsaturated/α-hetero) is 1. The van der Waals surface area contributed by atoms with E-state index >= 15 is 0 Å². The van der Waals surface area contributed by atoms with Gasteiger partial charge in [0.1, 0.15) is 29.0 Å². The number of carbonyl (C=O) groups is 3. The molecule has 2 N–H and O–H groups in total. The monoisotopic (exact) mass is 455 g/mol. The quantitative estimate of drug-likeness (QED) is 0.554. The lowest BCUT2D eigenvalue weighted by atomic mass is 10.1. The van der Waals surface area contributed by atoms with Crippen molar-refractivity contribution in [2.45, 2.75) is 19.9 Å². The normalized spacial score (nSPS) is 14.5. The first kappa shape index (κ1) is 23.6. The summed E-state index contributed by atoms with van der Waals surface area (Å²) >= 11 is 0. The molecule has 0 radical (unpaired) electrons. The van der Waals surface area contributed by atoms with Gasteiger partial charge in [-0.25, -0.2) is 4.79 Å². The fraction of sp³-hybridized carbons (Fsp3) is 0.292. The second kappa shape index (κ2) is 10.1. The lowest BCUT2D eigenvalue weighted by Gasteiger charge is -2.18. The minimum absolute atomic E-state index is 0.115. The van der Waals surface area contributed by atoms with Crippen LogP contribution in [-0.4, -0.2) is 49.6 Å². The summed E-state index contributed by atoms with van der Waals surface area (Å²) in [4.78, 5) is 36.0. The molecule has 33 heavy (non-hydrogen) atoms. The van der Waals surface area contributed by atoms with Crippen LogP contribution in [0.3, 0.4) is 0 Å². The lowest BCUT2D eigenvalue weighted by Crippen LogP contribution is -2.46. The second-order valence-corrected chi connectivity index (χ2v) is 7.62. The van der Waals surface area contributed by atoms with Gasteiger partial charge in [-0.1, -0.05) is 13.8 Å². The van der Waals surface area contributed by atoms with Crippen molar-refractivity contribution < 1.29 is 38.4 Å². The number of allylic oxidation sites excluding steroid dienone is 1. The van der Waals surface area contributed by atoms with Gasteiger partial charge in [-0.3, -0.25) is 9.59 Å². The van der Waals surface area contributed by atoms with Crippen molar-refractivity contribution in [2.24, 2.45) is 5.92 Å². The molecule has 0 spiro atoms. The zero-order valence-corrected chi connectivity index (χ0v) is 18.7. The molecule has 174 valence electrons. The maximum atomic E-state index is 12.7. The van der Waals surface area contributed by atoms with Gasteiger partial charge < -0.3 is 29.4 Å². The van der Waals surface area contributed by atoms with E-state index in [0.29, 0.717) is 34.1 Å². The van der Waals surface area contributed by atoms with Gasteiger partial charge in [0, 0.05) is 17.7 Å². The summed E-state index contributed by atoms with van der Waals surface area (Å²) in [5.74, 6) is -0.413. The molecule has 0 fully saturated rings. The van der Waals surface area contributed by atoms with Crippen LogP contribution in [0, 0.1) is 5.92 Å². The SMILES string of the molecule is COc1ccc(C=C2Oc3cc(OCC(=O)NC(C(=O)O)C(C)C)ccc3C2=O)c(OC)c1. The first-order valence-electron chi connectivity index (χ1n) is 10.2. The Labute approximate surface area is 190 Å². The molecule has 0 bridgehead atoms. The predicted octanol–water partition coefficient (Wildman–Crippen LogP) is 2.92.